The van der Waals surface area contributed by atoms with Crippen molar-refractivity contribution >= 4 is 47.2 Å². The van der Waals surface area contributed by atoms with Gasteiger partial charge in [0.15, 0.2) is 5.96 Å². The van der Waals surface area contributed by atoms with Crippen LogP contribution in [0.1, 0.15) is 33.1 Å². The number of nitrogens with two attached hydrogens (primary N) is 1. The molecule has 1 aliphatic carbocycles. The van der Waals surface area contributed by atoms with Crippen molar-refractivity contribution in [3.63, 3.8) is 0 Å². The molecule has 0 aromatic heterocycles. The summed E-state index contributed by atoms with van der Waals surface area (Å²) in [5, 5.41) is 3.63. The van der Waals surface area contributed by atoms with Crippen LogP contribution < -0.4 is 15.8 Å². The van der Waals surface area contributed by atoms with Crippen molar-refractivity contribution in [3.8, 4) is 5.75 Å². The Hall–Kier alpha value is -0.730. The second-order valence-electron chi connectivity index (χ2n) is 5.90. The summed E-state index contributed by atoms with van der Waals surface area (Å²) in [6, 6.07) is 5.61. The fourth-order valence-electron chi connectivity index (χ4n) is 3.51. The molecule has 3 N–H and O–H groups in total. The Balaban J connectivity index is 0.00000288. The number of guanidine groups is 1. The molecule has 1 saturated carbocycles. The van der Waals surface area contributed by atoms with Gasteiger partial charge in [0, 0.05) is 18.2 Å². The lowest BCUT2D eigenvalue weighted by atomic mass is 9.59. The predicted octanol–water partition coefficient (Wildman–Crippen LogP) is 4.29. The van der Waals surface area contributed by atoms with Crippen LogP contribution in [0.25, 0.3) is 0 Å². The van der Waals surface area contributed by atoms with E-state index in [-0.39, 0.29) is 41.5 Å². The van der Waals surface area contributed by atoms with Crippen LogP contribution in [0.5, 0.6) is 5.75 Å². The molecule has 1 fully saturated rings. The third-order valence-electron chi connectivity index (χ3n) is 5.06. The summed E-state index contributed by atoms with van der Waals surface area (Å²) < 4.78 is 10.7. The molecule has 0 radical (unpaired) electrons. The number of ether oxygens (including phenoxy) is 2. The van der Waals surface area contributed by atoms with Gasteiger partial charge in [-0.3, -0.25) is 0 Å². The Kier molecular flexibility index (Phi) is 8.08. The summed E-state index contributed by atoms with van der Waals surface area (Å²) in [4.78, 5) is 4.67. The third-order valence-corrected chi connectivity index (χ3v) is 5.36. The highest BCUT2D eigenvalue weighted by Crippen LogP contribution is 2.50. The van der Waals surface area contributed by atoms with E-state index in [0.717, 1.165) is 24.9 Å². The van der Waals surface area contributed by atoms with Gasteiger partial charge in [0.1, 0.15) is 5.75 Å². The first-order valence-corrected chi connectivity index (χ1v) is 8.35. The quantitative estimate of drug-likeness (QED) is 0.372. The SMILES string of the molecule is CCC1(CC)C(N=C(N)Nc2ccc(OC)c(Cl)c2)CC1OC.I. The molecule has 1 aliphatic rings. The highest BCUT2D eigenvalue weighted by Gasteiger charge is 2.53. The normalized spacial score (nSPS) is 22.3. The van der Waals surface area contributed by atoms with Crippen molar-refractivity contribution in [2.24, 2.45) is 16.1 Å². The number of hydrogen-bond acceptors (Lipinski definition) is 3. The minimum absolute atomic E-state index is 0. The molecule has 0 amide bonds. The number of anilines is 1. The molecule has 2 atom stereocenters. The largest absolute Gasteiger partial charge is 0.495 e. The third kappa shape index (κ3) is 4.08. The first kappa shape index (κ1) is 21.3. The van der Waals surface area contributed by atoms with E-state index in [2.05, 4.69) is 24.2 Å². The van der Waals surface area contributed by atoms with Crippen LogP contribution in [0.2, 0.25) is 5.02 Å². The maximum Gasteiger partial charge on any atom is 0.193 e. The maximum absolute atomic E-state index is 6.12. The van der Waals surface area contributed by atoms with E-state index >= 15 is 0 Å². The lowest BCUT2D eigenvalue weighted by molar-refractivity contribution is -0.111. The zero-order chi connectivity index (χ0) is 17.0. The molecule has 0 saturated heterocycles. The first-order valence-electron chi connectivity index (χ1n) is 7.97. The predicted molar refractivity (Wildman–Crippen MR) is 111 cm³/mol. The van der Waals surface area contributed by atoms with E-state index in [9.17, 15) is 0 Å². The van der Waals surface area contributed by atoms with Gasteiger partial charge in [-0.2, -0.15) is 0 Å². The molecule has 2 unspecified atom stereocenters. The summed E-state index contributed by atoms with van der Waals surface area (Å²) in [5.74, 6) is 1.03. The standard InChI is InChI=1S/C17H26ClN3O2.HI/c1-5-17(6-2)14(10-15(17)23-4)21-16(19)20-11-7-8-13(22-3)12(18)9-11;/h7-9,14-15H,5-6,10H2,1-4H3,(H3,19,20,21);1H. The van der Waals surface area contributed by atoms with Crippen molar-refractivity contribution in [2.75, 3.05) is 19.5 Å². The second-order valence-corrected chi connectivity index (χ2v) is 6.31. The minimum atomic E-state index is 0. The first-order chi connectivity index (χ1) is 11.0. The molecule has 1 aromatic carbocycles. The van der Waals surface area contributed by atoms with Crippen LogP contribution in [0.3, 0.4) is 0 Å². The molecule has 2 rings (SSSR count). The van der Waals surface area contributed by atoms with Crippen molar-refractivity contribution in [3.05, 3.63) is 23.2 Å². The molecule has 5 nitrogen and oxygen atoms in total. The lowest BCUT2D eigenvalue weighted by Gasteiger charge is -2.53. The Morgan fingerprint density at radius 2 is 2.04 bits per heavy atom. The molecule has 0 heterocycles. The van der Waals surface area contributed by atoms with Crippen LogP contribution in [0.4, 0.5) is 5.69 Å². The molecule has 0 spiro atoms. The summed E-state index contributed by atoms with van der Waals surface area (Å²) in [6.07, 6.45) is 3.22. The van der Waals surface area contributed by atoms with E-state index in [1.54, 1.807) is 26.4 Å². The average Bonchev–Trinajstić information content (AvgIpc) is 2.52. The van der Waals surface area contributed by atoms with Crippen LogP contribution >= 0.6 is 35.6 Å². The van der Waals surface area contributed by atoms with Gasteiger partial charge in [-0.25, -0.2) is 4.99 Å². The minimum Gasteiger partial charge on any atom is -0.495 e. The summed E-state index contributed by atoms with van der Waals surface area (Å²) in [5.41, 5.74) is 6.95. The van der Waals surface area contributed by atoms with Gasteiger partial charge in [-0.15, -0.1) is 24.0 Å². The fourth-order valence-corrected chi connectivity index (χ4v) is 3.76. The van der Waals surface area contributed by atoms with Gasteiger partial charge >= 0.3 is 0 Å². The topological polar surface area (TPSA) is 68.9 Å². The number of halogens is 2. The molecule has 136 valence electrons. The highest BCUT2D eigenvalue weighted by atomic mass is 127. The maximum atomic E-state index is 6.12. The highest BCUT2D eigenvalue weighted by molar-refractivity contribution is 14.0. The summed E-state index contributed by atoms with van der Waals surface area (Å²) in [6.45, 7) is 4.37. The van der Waals surface area contributed by atoms with Crippen LogP contribution in [0, 0.1) is 5.41 Å². The van der Waals surface area contributed by atoms with E-state index in [1.165, 1.54) is 0 Å². The number of hydrogen-bond donors (Lipinski definition) is 2. The lowest BCUT2D eigenvalue weighted by Crippen LogP contribution is -2.57. The second kappa shape index (κ2) is 9.10. The number of nitrogens with one attached hydrogen (secondary N) is 1. The van der Waals surface area contributed by atoms with Gasteiger partial charge in [0.25, 0.3) is 0 Å². The van der Waals surface area contributed by atoms with Gasteiger partial charge in [-0.05, 0) is 37.5 Å². The smallest absolute Gasteiger partial charge is 0.193 e. The Labute approximate surface area is 166 Å². The molecule has 1 aromatic rings. The van der Waals surface area contributed by atoms with Gasteiger partial charge in [0.2, 0.25) is 0 Å². The Bertz CT molecular complexity index is 579. The number of benzene rings is 1. The van der Waals surface area contributed by atoms with Crippen LogP contribution in [-0.2, 0) is 4.74 Å². The van der Waals surface area contributed by atoms with Crippen molar-refractivity contribution in [2.45, 2.75) is 45.3 Å². The zero-order valence-electron chi connectivity index (χ0n) is 14.6. The van der Waals surface area contributed by atoms with Crippen molar-refractivity contribution < 1.29 is 9.47 Å². The van der Waals surface area contributed by atoms with E-state index in [1.807, 2.05) is 6.07 Å². The molecular weight excluding hydrogens is 441 g/mol. The molecule has 7 heteroatoms. The molecule has 0 aliphatic heterocycles. The molecule has 24 heavy (non-hydrogen) atoms. The number of methoxy groups -OCH3 is 2. The summed E-state index contributed by atoms with van der Waals surface area (Å²) >= 11 is 6.12. The van der Waals surface area contributed by atoms with Crippen LogP contribution in [0.15, 0.2) is 23.2 Å². The zero-order valence-corrected chi connectivity index (χ0v) is 17.7. The van der Waals surface area contributed by atoms with Gasteiger partial charge in [0.05, 0.1) is 24.3 Å². The monoisotopic (exact) mass is 467 g/mol. The van der Waals surface area contributed by atoms with Gasteiger partial charge < -0.3 is 20.5 Å². The van der Waals surface area contributed by atoms with Crippen molar-refractivity contribution in [1.29, 1.82) is 0 Å². The van der Waals surface area contributed by atoms with E-state index in [0.29, 0.717) is 16.7 Å². The number of nitrogens with zero attached hydrogens (tertiary/aromatic N) is 1. The summed E-state index contributed by atoms with van der Waals surface area (Å²) in [7, 11) is 3.35. The molecule has 0 bridgehead atoms. The van der Waals surface area contributed by atoms with E-state index in [4.69, 9.17) is 26.8 Å². The fraction of sp³-hybridized carbons (Fsp3) is 0.588. The number of aliphatic imine (C=N–C) groups is 1. The molecular formula is C17H27ClIN3O2. The van der Waals surface area contributed by atoms with Crippen molar-refractivity contribution in [1.82, 2.24) is 0 Å². The Morgan fingerprint density at radius 3 is 2.54 bits per heavy atom. The van der Waals surface area contributed by atoms with E-state index < -0.39 is 0 Å². The average molecular weight is 468 g/mol. The van der Waals surface area contributed by atoms with Crippen LogP contribution in [-0.4, -0.2) is 32.3 Å². The van der Waals surface area contributed by atoms with Gasteiger partial charge in [-0.1, -0.05) is 25.4 Å². The Morgan fingerprint density at radius 1 is 1.38 bits per heavy atom. The number of rotatable bonds is 6.